The normalized spacial score (nSPS) is 11.7. The summed E-state index contributed by atoms with van der Waals surface area (Å²) in [5.74, 6) is 0. The number of nitrogens with two attached hydrogens (primary N) is 1. The molecule has 1 aromatic heterocycles. The molecule has 2 N–H and O–H groups in total. The second-order valence-electron chi connectivity index (χ2n) is 4.30. The Kier molecular flexibility index (Phi) is 6.35. The van der Waals surface area contributed by atoms with Crippen LogP contribution in [0, 0.1) is 0 Å². The average Bonchev–Trinajstić information content (AvgIpc) is 2.94. The fraction of sp³-hybridized carbons (Fsp3) is 0.333. The summed E-state index contributed by atoms with van der Waals surface area (Å²) in [4.78, 5) is 2.33. The minimum absolute atomic E-state index is 0. The van der Waals surface area contributed by atoms with Gasteiger partial charge in [-0.05, 0) is 53.9 Å². The van der Waals surface area contributed by atoms with E-state index in [0.717, 1.165) is 13.1 Å². The van der Waals surface area contributed by atoms with Gasteiger partial charge < -0.3 is 10.6 Å². The van der Waals surface area contributed by atoms with Crippen molar-refractivity contribution in [2.75, 3.05) is 18.0 Å². The average molecular weight is 297 g/mol. The molecule has 2 aromatic rings. The minimum atomic E-state index is -0.0120. The molecule has 1 heterocycles. The molecule has 1 aromatic carbocycles. The number of anilines is 1. The summed E-state index contributed by atoms with van der Waals surface area (Å²) >= 11 is 1.69. The van der Waals surface area contributed by atoms with Crippen LogP contribution in [-0.4, -0.2) is 13.1 Å². The molecule has 1 atom stereocenters. The van der Waals surface area contributed by atoms with Gasteiger partial charge in [0.25, 0.3) is 0 Å². The molecule has 0 amide bonds. The molecule has 0 radical (unpaired) electrons. The first-order valence-corrected chi connectivity index (χ1v) is 7.33. The Balaban J connectivity index is 0.00000180. The molecule has 0 saturated carbocycles. The molecular weight excluding hydrogens is 276 g/mol. The third-order valence-corrected chi connectivity index (χ3v) is 3.98. The van der Waals surface area contributed by atoms with E-state index in [9.17, 15) is 0 Å². The van der Waals surface area contributed by atoms with Crippen molar-refractivity contribution in [3.05, 3.63) is 52.2 Å². The highest BCUT2D eigenvalue weighted by Gasteiger charge is 2.09. The topological polar surface area (TPSA) is 29.3 Å². The van der Waals surface area contributed by atoms with Crippen LogP contribution in [0.25, 0.3) is 0 Å². The summed E-state index contributed by atoms with van der Waals surface area (Å²) in [6.07, 6.45) is 0. The van der Waals surface area contributed by atoms with Crippen molar-refractivity contribution in [2.45, 2.75) is 19.9 Å². The van der Waals surface area contributed by atoms with Crippen molar-refractivity contribution in [3.8, 4) is 0 Å². The van der Waals surface area contributed by atoms with Gasteiger partial charge in [0.15, 0.2) is 0 Å². The van der Waals surface area contributed by atoms with Gasteiger partial charge in [-0.2, -0.15) is 11.3 Å². The maximum atomic E-state index is 6.24. The van der Waals surface area contributed by atoms with Crippen molar-refractivity contribution in [1.29, 1.82) is 0 Å². The molecule has 4 heteroatoms. The number of benzene rings is 1. The highest BCUT2D eigenvalue weighted by molar-refractivity contribution is 7.08. The van der Waals surface area contributed by atoms with Crippen LogP contribution in [0.5, 0.6) is 0 Å². The molecule has 19 heavy (non-hydrogen) atoms. The molecule has 2 nitrogen and oxygen atoms in total. The van der Waals surface area contributed by atoms with E-state index >= 15 is 0 Å². The summed E-state index contributed by atoms with van der Waals surface area (Å²) in [5.41, 5.74) is 9.87. The molecule has 0 bridgehead atoms. The largest absolute Gasteiger partial charge is 0.372 e. The quantitative estimate of drug-likeness (QED) is 0.901. The predicted molar refractivity (Wildman–Crippen MR) is 87.6 cm³/mol. The Labute approximate surface area is 125 Å². The Hall–Kier alpha value is -1.03. The molecule has 104 valence electrons. The highest BCUT2D eigenvalue weighted by Crippen LogP contribution is 2.24. The molecule has 0 aliphatic carbocycles. The first kappa shape index (κ1) is 16.0. The second kappa shape index (κ2) is 7.53. The lowest BCUT2D eigenvalue weighted by molar-refractivity contribution is 0.856. The van der Waals surface area contributed by atoms with Gasteiger partial charge in [-0.3, -0.25) is 0 Å². The molecule has 0 aliphatic heterocycles. The standard InChI is InChI=1S/C15H20N2S.ClH/c1-3-17(4-2)14-7-5-12(6-8-14)15(16)13-9-10-18-11-13;/h5-11,15H,3-4,16H2,1-2H3;1H/t15-;/m1./s1. The Morgan fingerprint density at radius 3 is 2.16 bits per heavy atom. The minimum Gasteiger partial charge on any atom is -0.372 e. The van der Waals surface area contributed by atoms with Gasteiger partial charge in [-0.25, -0.2) is 0 Å². The molecule has 2 rings (SSSR count). The second-order valence-corrected chi connectivity index (χ2v) is 5.08. The third kappa shape index (κ3) is 3.72. The summed E-state index contributed by atoms with van der Waals surface area (Å²) in [6.45, 7) is 6.42. The summed E-state index contributed by atoms with van der Waals surface area (Å²) in [6, 6.07) is 10.7. The van der Waals surface area contributed by atoms with Crippen LogP contribution in [0.15, 0.2) is 41.1 Å². The molecule has 0 unspecified atom stereocenters. The lowest BCUT2D eigenvalue weighted by Gasteiger charge is -2.21. The smallest absolute Gasteiger partial charge is 0.0559 e. The van der Waals surface area contributed by atoms with Gasteiger partial charge in [0.1, 0.15) is 0 Å². The first-order chi connectivity index (χ1) is 8.76. The molecule has 0 aliphatic rings. The van der Waals surface area contributed by atoms with E-state index in [2.05, 4.69) is 59.8 Å². The summed E-state index contributed by atoms with van der Waals surface area (Å²) in [7, 11) is 0. The molecule has 0 fully saturated rings. The van der Waals surface area contributed by atoms with Crippen molar-refractivity contribution in [3.63, 3.8) is 0 Å². The summed E-state index contributed by atoms with van der Waals surface area (Å²) in [5, 5.41) is 4.18. The van der Waals surface area contributed by atoms with Gasteiger partial charge in [0.2, 0.25) is 0 Å². The number of halogens is 1. The first-order valence-electron chi connectivity index (χ1n) is 6.38. The van der Waals surface area contributed by atoms with Crippen LogP contribution in [0.3, 0.4) is 0 Å². The lowest BCUT2D eigenvalue weighted by atomic mass is 10.0. The van der Waals surface area contributed by atoms with Crippen LogP contribution in [0.2, 0.25) is 0 Å². The van der Waals surface area contributed by atoms with Gasteiger partial charge in [0.05, 0.1) is 6.04 Å². The number of rotatable bonds is 5. The molecular formula is C15H21ClN2S. The van der Waals surface area contributed by atoms with Crippen LogP contribution >= 0.6 is 23.7 Å². The van der Waals surface area contributed by atoms with Crippen molar-refractivity contribution in [1.82, 2.24) is 0 Å². The van der Waals surface area contributed by atoms with E-state index in [-0.39, 0.29) is 18.4 Å². The SMILES string of the molecule is CCN(CC)c1ccc([C@@H](N)c2ccsc2)cc1.Cl. The van der Waals surface area contributed by atoms with Crippen molar-refractivity contribution in [2.24, 2.45) is 5.73 Å². The molecule has 0 saturated heterocycles. The zero-order valence-corrected chi connectivity index (χ0v) is 13.0. The van der Waals surface area contributed by atoms with E-state index in [0.29, 0.717) is 0 Å². The highest BCUT2D eigenvalue weighted by atomic mass is 35.5. The zero-order valence-electron chi connectivity index (χ0n) is 11.4. The third-order valence-electron chi connectivity index (χ3n) is 3.28. The monoisotopic (exact) mass is 296 g/mol. The van der Waals surface area contributed by atoms with E-state index in [1.807, 2.05) is 0 Å². The number of hydrogen-bond acceptors (Lipinski definition) is 3. The van der Waals surface area contributed by atoms with E-state index in [1.54, 1.807) is 11.3 Å². The number of nitrogens with zero attached hydrogens (tertiary/aromatic N) is 1. The predicted octanol–water partition coefficient (Wildman–Crippen LogP) is 4.06. The van der Waals surface area contributed by atoms with E-state index in [4.69, 9.17) is 5.73 Å². The fourth-order valence-corrected chi connectivity index (χ4v) is 2.82. The lowest BCUT2D eigenvalue weighted by Crippen LogP contribution is -2.21. The van der Waals surface area contributed by atoms with E-state index < -0.39 is 0 Å². The Morgan fingerprint density at radius 2 is 1.68 bits per heavy atom. The van der Waals surface area contributed by atoms with Crippen LogP contribution in [0.4, 0.5) is 5.69 Å². The summed E-state index contributed by atoms with van der Waals surface area (Å²) < 4.78 is 0. The maximum Gasteiger partial charge on any atom is 0.0559 e. The van der Waals surface area contributed by atoms with Crippen molar-refractivity contribution < 1.29 is 0 Å². The fourth-order valence-electron chi connectivity index (χ4n) is 2.13. The van der Waals surface area contributed by atoms with E-state index in [1.165, 1.54) is 16.8 Å². The maximum absolute atomic E-state index is 6.24. The van der Waals surface area contributed by atoms with Crippen LogP contribution in [0.1, 0.15) is 31.0 Å². The Bertz CT molecular complexity index is 463. The van der Waals surface area contributed by atoms with Gasteiger partial charge in [-0.1, -0.05) is 12.1 Å². The van der Waals surface area contributed by atoms with Gasteiger partial charge >= 0.3 is 0 Å². The van der Waals surface area contributed by atoms with Crippen molar-refractivity contribution >= 4 is 29.4 Å². The number of hydrogen-bond donors (Lipinski definition) is 1. The Morgan fingerprint density at radius 1 is 1.05 bits per heavy atom. The van der Waals surface area contributed by atoms with Crippen LogP contribution < -0.4 is 10.6 Å². The van der Waals surface area contributed by atoms with Gasteiger partial charge in [0, 0.05) is 18.8 Å². The van der Waals surface area contributed by atoms with Crippen LogP contribution in [-0.2, 0) is 0 Å². The zero-order chi connectivity index (χ0) is 13.0. The molecule has 0 spiro atoms. The van der Waals surface area contributed by atoms with Gasteiger partial charge in [-0.15, -0.1) is 12.4 Å². The number of thiophene rings is 1.